The van der Waals surface area contributed by atoms with Crippen molar-refractivity contribution < 1.29 is 18.4 Å². The van der Waals surface area contributed by atoms with Crippen molar-refractivity contribution in [3.8, 4) is 21.7 Å². The van der Waals surface area contributed by atoms with E-state index in [9.17, 15) is 14.0 Å². The summed E-state index contributed by atoms with van der Waals surface area (Å²) in [6.07, 6.45) is 7.23. The number of primary amides is 1. The number of amides is 2. The average molecular weight is 491 g/mol. The van der Waals surface area contributed by atoms with E-state index in [2.05, 4.69) is 20.4 Å². The molecule has 5 aromatic rings. The van der Waals surface area contributed by atoms with Crippen molar-refractivity contribution in [2.45, 2.75) is 19.4 Å². The molecule has 0 saturated heterocycles. The lowest BCUT2D eigenvalue weighted by molar-refractivity contribution is -0.118. The fourth-order valence-corrected chi connectivity index (χ4v) is 4.40. The highest BCUT2D eigenvalue weighted by molar-refractivity contribution is 7.13. The molecule has 2 amide bonds. The fraction of sp³-hybridized carbons (Fsp3) is 0.125. The van der Waals surface area contributed by atoms with Gasteiger partial charge >= 0.3 is 0 Å². The Morgan fingerprint density at radius 1 is 1.20 bits per heavy atom. The van der Waals surface area contributed by atoms with Gasteiger partial charge < -0.3 is 15.5 Å². The Morgan fingerprint density at radius 2 is 2.09 bits per heavy atom. The number of thiazole rings is 1. The molecule has 0 radical (unpaired) electrons. The van der Waals surface area contributed by atoms with E-state index in [1.165, 1.54) is 23.6 Å². The molecule has 0 atom stereocenters. The monoisotopic (exact) mass is 490 g/mol. The summed E-state index contributed by atoms with van der Waals surface area (Å²) in [7, 11) is 0. The quantitative estimate of drug-likeness (QED) is 0.309. The summed E-state index contributed by atoms with van der Waals surface area (Å²) >= 11 is 1.27. The minimum absolute atomic E-state index is 0.231. The number of nitrogens with one attached hydrogen (secondary N) is 1. The number of aryl methyl sites for hydroxylation is 1. The van der Waals surface area contributed by atoms with Gasteiger partial charge in [0.05, 0.1) is 18.0 Å². The molecule has 0 aliphatic heterocycles. The number of benzene rings is 1. The Balaban J connectivity index is 1.43. The second kappa shape index (κ2) is 9.47. The Labute approximate surface area is 202 Å². The van der Waals surface area contributed by atoms with Gasteiger partial charge in [-0.3, -0.25) is 14.3 Å². The molecule has 9 nitrogen and oxygen atoms in total. The minimum Gasteiger partial charge on any atom is -0.472 e. The third kappa shape index (κ3) is 4.94. The maximum Gasteiger partial charge on any atom is 0.275 e. The number of fused-ring (bicyclic) bond motifs is 1. The molecule has 0 saturated carbocycles. The topological polar surface area (TPSA) is 129 Å². The highest BCUT2D eigenvalue weighted by Crippen LogP contribution is 2.33. The van der Waals surface area contributed by atoms with Gasteiger partial charge in [0.1, 0.15) is 10.7 Å². The first-order valence-electron chi connectivity index (χ1n) is 10.7. The first-order valence-corrected chi connectivity index (χ1v) is 11.5. The van der Waals surface area contributed by atoms with Gasteiger partial charge in [0.15, 0.2) is 0 Å². The number of carbonyl (C=O) groups excluding carboxylic acids is 2. The van der Waals surface area contributed by atoms with E-state index in [0.717, 1.165) is 22.0 Å². The zero-order valence-electron chi connectivity index (χ0n) is 18.3. The van der Waals surface area contributed by atoms with E-state index in [-0.39, 0.29) is 23.9 Å². The first kappa shape index (κ1) is 22.4. The lowest BCUT2D eigenvalue weighted by atomic mass is 10.0. The number of rotatable bonds is 8. The zero-order valence-corrected chi connectivity index (χ0v) is 19.1. The number of halogens is 1. The Morgan fingerprint density at radius 3 is 2.83 bits per heavy atom. The third-order valence-corrected chi connectivity index (χ3v) is 6.18. The van der Waals surface area contributed by atoms with Crippen LogP contribution in [0.3, 0.4) is 0 Å². The average Bonchev–Trinajstić information content (AvgIpc) is 3.59. The SMILES string of the molecule is NC(=O)CCCn1cc2cc(NC(=O)c3csc(-c4ccc(F)nc4)n3)c(-c3ccoc3)cc2n1. The van der Waals surface area contributed by atoms with Crippen LogP contribution in [0.25, 0.3) is 32.6 Å². The van der Waals surface area contributed by atoms with Crippen molar-refractivity contribution in [1.82, 2.24) is 19.7 Å². The van der Waals surface area contributed by atoms with Gasteiger partial charge in [-0.15, -0.1) is 11.3 Å². The van der Waals surface area contributed by atoms with E-state index < -0.39 is 5.95 Å². The Bertz CT molecular complexity index is 1510. The van der Waals surface area contributed by atoms with E-state index in [1.807, 2.05) is 18.3 Å². The molecule has 0 unspecified atom stereocenters. The van der Waals surface area contributed by atoms with Crippen molar-refractivity contribution in [3.63, 3.8) is 0 Å². The van der Waals surface area contributed by atoms with Gasteiger partial charge in [-0.2, -0.15) is 9.49 Å². The van der Waals surface area contributed by atoms with Crippen LogP contribution in [0.4, 0.5) is 10.1 Å². The minimum atomic E-state index is -0.582. The van der Waals surface area contributed by atoms with Crippen LogP contribution in [-0.2, 0) is 11.3 Å². The lowest BCUT2D eigenvalue weighted by Gasteiger charge is -2.09. The molecule has 1 aromatic carbocycles. The molecular weight excluding hydrogens is 471 g/mol. The van der Waals surface area contributed by atoms with Crippen LogP contribution in [0, 0.1) is 5.95 Å². The number of nitrogens with zero attached hydrogens (tertiary/aromatic N) is 4. The molecule has 0 aliphatic rings. The van der Waals surface area contributed by atoms with Crippen molar-refractivity contribution >= 4 is 39.7 Å². The predicted octanol–water partition coefficient (Wildman–Crippen LogP) is 4.47. The summed E-state index contributed by atoms with van der Waals surface area (Å²) in [5.41, 5.74) is 8.89. The normalized spacial score (nSPS) is 11.1. The van der Waals surface area contributed by atoms with Crippen LogP contribution in [0.2, 0.25) is 0 Å². The molecule has 0 aliphatic carbocycles. The van der Waals surface area contributed by atoms with Crippen molar-refractivity contribution in [2.75, 3.05) is 5.32 Å². The molecule has 176 valence electrons. The van der Waals surface area contributed by atoms with Crippen LogP contribution in [0.15, 0.2) is 65.0 Å². The third-order valence-electron chi connectivity index (χ3n) is 5.29. The largest absolute Gasteiger partial charge is 0.472 e. The standard InChI is InChI=1S/C24H19FN6O3S/c25-21-4-3-14(10-27-21)24-29-20(13-35-24)23(33)28-19-8-16-11-31(6-1-2-22(26)32)30-18(16)9-17(19)15-5-7-34-12-15/h3-5,7-13H,1-2,6H2,(H2,26,32)(H,28,33). The smallest absolute Gasteiger partial charge is 0.275 e. The molecule has 3 N–H and O–H groups in total. The Kier molecular flexibility index (Phi) is 6.06. The number of hydrogen-bond acceptors (Lipinski definition) is 7. The van der Waals surface area contributed by atoms with Crippen molar-refractivity contribution in [2.24, 2.45) is 5.73 Å². The molecule has 0 fully saturated rings. The van der Waals surface area contributed by atoms with Crippen LogP contribution < -0.4 is 11.1 Å². The van der Waals surface area contributed by atoms with Crippen LogP contribution in [-0.4, -0.2) is 31.6 Å². The molecule has 35 heavy (non-hydrogen) atoms. The number of nitrogens with two attached hydrogens (primary N) is 1. The molecule has 4 aromatic heterocycles. The summed E-state index contributed by atoms with van der Waals surface area (Å²) in [6.45, 7) is 0.542. The molecule has 4 heterocycles. The number of furan rings is 1. The highest BCUT2D eigenvalue weighted by Gasteiger charge is 2.17. The number of anilines is 1. The Hall–Kier alpha value is -4.38. The molecule has 5 rings (SSSR count). The van der Waals surface area contributed by atoms with Crippen LogP contribution in [0.1, 0.15) is 23.3 Å². The molecule has 11 heteroatoms. The highest BCUT2D eigenvalue weighted by atomic mass is 32.1. The van der Waals surface area contributed by atoms with Gasteiger partial charge in [0, 0.05) is 58.5 Å². The number of hydrogen-bond donors (Lipinski definition) is 2. The van der Waals surface area contributed by atoms with Gasteiger partial charge in [-0.25, -0.2) is 9.97 Å². The van der Waals surface area contributed by atoms with E-state index >= 15 is 0 Å². The summed E-state index contributed by atoms with van der Waals surface area (Å²) in [6, 6.07) is 8.32. The van der Waals surface area contributed by atoms with Crippen LogP contribution >= 0.6 is 11.3 Å². The van der Waals surface area contributed by atoms with Crippen molar-refractivity contribution in [3.05, 3.63) is 72.3 Å². The maximum absolute atomic E-state index is 13.1. The fourth-order valence-electron chi connectivity index (χ4n) is 3.61. The number of aromatic nitrogens is 4. The maximum atomic E-state index is 13.1. The first-order chi connectivity index (χ1) is 17.0. The van der Waals surface area contributed by atoms with Gasteiger partial charge in [0.2, 0.25) is 11.9 Å². The van der Waals surface area contributed by atoms with Gasteiger partial charge in [0.25, 0.3) is 5.91 Å². The molecular formula is C24H19FN6O3S. The van der Waals surface area contributed by atoms with Gasteiger partial charge in [-0.05, 0) is 36.8 Å². The summed E-state index contributed by atoms with van der Waals surface area (Å²) in [5, 5.41) is 10.5. The van der Waals surface area contributed by atoms with Crippen LogP contribution in [0.5, 0.6) is 0 Å². The lowest BCUT2D eigenvalue weighted by Crippen LogP contribution is -2.13. The number of carbonyl (C=O) groups is 2. The second-order valence-corrected chi connectivity index (χ2v) is 8.65. The van der Waals surface area contributed by atoms with E-state index in [0.29, 0.717) is 29.2 Å². The number of pyridine rings is 1. The summed E-state index contributed by atoms with van der Waals surface area (Å²) < 4.78 is 20.1. The second-order valence-electron chi connectivity index (χ2n) is 7.79. The van der Waals surface area contributed by atoms with Gasteiger partial charge in [-0.1, -0.05) is 0 Å². The predicted molar refractivity (Wildman–Crippen MR) is 129 cm³/mol. The van der Waals surface area contributed by atoms with E-state index in [4.69, 9.17) is 10.2 Å². The molecule has 0 spiro atoms. The van der Waals surface area contributed by atoms with E-state index in [1.54, 1.807) is 34.7 Å². The molecule has 0 bridgehead atoms. The zero-order chi connectivity index (χ0) is 24.4. The van der Waals surface area contributed by atoms with Crippen molar-refractivity contribution in [1.29, 1.82) is 0 Å². The summed E-state index contributed by atoms with van der Waals surface area (Å²) in [5.74, 6) is -1.32. The summed E-state index contributed by atoms with van der Waals surface area (Å²) in [4.78, 5) is 32.1.